The van der Waals surface area contributed by atoms with Gasteiger partial charge in [0.25, 0.3) is 11.8 Å². The molecule has 2 N–H and O–H groups in total. The molecule has 2 amide bonds. The van der Waals surface area contributed by atoms with Crippen LogP contribution in [0.5, 0.6) is 0 Å². The van der Waals surface area contributed by atoms with Gasteiger partial charge in [-0.05, 0) is 36.4 Å². The number of carbonyl (C=O) groups excluding carboxylic acids is 2. The number of amides is 2. The van der Waals surface area contributed by atoms with Crippen LogP contribution in [-0.2, 0) is 11.3 Å². The van der Waals surface area contributed by atoms with Crippen LogP contribution in [0, 0.1) is 0 Å². The lowest BCUT2D eigenvalue weighted by molar-refractivity contribution is -0.122. The number of benzene rings is 2. The van der Waals surface area contributed by atoms with Crippen molar-refractivity contribution in [3.63, 3.8) is 0 Å². The number of aromatic nitrogens is 1. The summed E-state index contributed by atoms with van der Waals surface area (Å²) in [5.41, 5.74) is 5.87. The van der Waals surface area contributed by atoms with Crippen LogP contribution in [0.3, 0.4) is 0 Å². The Hall–Kier alpha value is -2.87. The first-order chi connectivity index (χ1) is 11.5. The van der Waals surface area contributed by atoms with Crippen LogP contribution in [0.25, 0.3) is 11.1 Å². The molecule has 0 bridgehead atoms. The molecule has 1 aromatic heterocycles. The van der Waals surface area contributed by atoms with Gasteiger partial charge in [0, 0.05) is 10.0 Å². The molecule has 3 aromatic rings. The van der Waals surface area contributed by atoms with Crippen LogP contribution < -0.4 is 16.6 Å². The highest BCUT2D eigenvalue weighted by atomic mass is 79.9. The Morgan fingerprint density at radius 3 is 2.50 bits per heavy atom. The summed E-state index contributed by atoms with van der Waals surface area (Å²) >= 11 is 3.27. The zero-order valence-electron chi connectivity index (χ0n) is 12.3. The first kappa shape index (κ1) is 16.0. The van der Waals surface area contributed by atoms with E-state index in [0.717, 1.165) is 4.47 Å². The monoisotopic (exact) mass is 389 g/mol. The number of hydrogen-bond donors (Lipinski definition) is 2. The number of fused-ring (bicyclic) bond motifs is 1. The van der Waals surface area contributed by atoms with E-state index >= 15 is 0 Å². The minimum atomic E-state index is -0.634. The highest BCUT2D eigenvalue weighted by molar-refractivity contribution is 9.10. The maximum atomic E-state index is 12.0. The van der Waals surface area contributed by atoms with Gasteiger partial charge in [0.2, 0.25) is 0 Å². The summed E-state index contributed by atoms with van der Waals surface area (Å²) in [6.45, 7) is -0.267. The van der Waals surface area contributed by atoms with Gasteiger partial charge in [-0.1, -0.05) is 28.1 Å². The second-order valence-corrected chi connectivity index (χ2v) is 5.85. The summed E-state index contributed by atoms with van der Waals surface area (Å²) in [5.74, 6) is -1.64. The lowest BCUT2D eigenvalue weighted by Gasteiger charge is -2.07. The van der Waals surface area contributed by atoms with Crippen LogP contribution in [0.1, 0.15) is 10.4 Å². The lowest BCUT2D eigenvalue weighted by atomic mass is 10.2. The Morgan fingerprint density at radius 2 is 1.75 bits per heavy atom. The zero-order valence-corrected chi connectivity index (χ0v) is 13.9. The van der Waals surface area contributed by atoms with Crippen molar-refractivity contribution < 1.29 is 14.0 Å². The van der Waals surface area contributed by atoms with Crippen LogP contribution in [0.4, 0.5) is 0 Å². The molecule has 0 fully saturated rings. The van der Waals surface area contributed by atoms with Crippen LogP contribution >= 0.6 is 15.9 Å². The van der Waals surface area contributed by atoms with E-state index in [1.807, 2.05) is 0 Å². The zero-order chi connectivity index (χ0) is 17.1. The normalized spacial score (nSPS) is 10.5. The number of rotatable bonds is 3. The molecule has 0 atom stereocenters. The summed E-state index contributed by atoms with van der Waals surface area (Å²) in [5, 5.41) is 0. The predicted octanol–water partition coefficient (Wildman–Crippen LogP) is 1.82. The van der Waals surface area contributed by atoms with Crippen molar-refractivity contribution in [2.24, 2.45) is 0 Å². The highest BCUT2D eigenvalue weighted by Gasteiger charge is 2.13. The lowest BCUT2D eigenvalue weighted by Crippen LogP contribution is -2.43. The van der Waals surface area contributed by atoms with Gasteiger partial charge in [0.1, 0.15) is 6.54 Å². The first-order valence-corrected chi connectivity index (χ1v) is 7.77. The minimum absolute atomic E-state index is 0.267. The van der Waals surface area contributed by atoms with E-state index in [-0.39, 0.29) is 6.54 Å². The molecule has 0 radical (unpaired) electrons. The Balaban J connectivity index is 1.65. The smallest absolute Gasteiger partial charge is 0.408 e. The number of hydrogen-bond acceptors (Lipinski definition) is 4. The molecule has 8 heteroatoms. The maximum absolute atomic E-state index is 12.0. The summed E-state index contributed by atoms with van der Waals surface area (Å²) in [6, 6.07) is 13.4. The summed E-state index contributed by atoms with van der Waals surface area (Å²) < 4.78 is 7.07. The third-order valence-corrected chi connectivity index (χ3v) is 3.83. The van der Waals surface area contributed by atoms with E-state index in [9.17, 15) is 14.4 Å². The van der Waals surface area contributed by atoms with Crippen molar-refractivity contribution in [1.82, 2.24) is 15.4 Å². The summed E-state index contributed by atoms with van der Waals surface area (Å²) in [6.07, 6.45) is 0. The molecule has 1 heterocycles. The molecule has 7 nitrogen and oxygen atoms in total. The average molecular weight is 390 g/mol. The molecular weight excluding hydrogens is 378 g/mol. The van der Waals surface area contributed by atoms with E-state index < -0.39 is 17.6 Å². The first-order valence-electron chi connectivity index (χ1n) is 6.98. The van der Waals surface area contributed by atoms with E-state index in [1.165, 1.54) is 4.57 Å². The second-order valence-electron chi connectivity index (χ2n) is 4.93. The molecule has 0 saturated heterocycles. The summed E-state index contributed by atoms with van der Waals surface area (Å²) in [7, 11) is 0. The van der Waals surface area contributed by atoms with Gasteiger partial charge in [0.15, 0.2) is 5.58 Å². The van der Waals surface area contributed by atoms with E-state index in [1.54, 1.807) is 48.5 Å². The Labute approximate surface area is 144 Å². The number of para-hydroxylation sites is 2. The molecule has 0 aliphatic heterocycles. The third-order valence-electron chi connectivity index (χ3n) is 3.30. The van der Waals surface area contributed by atoms with Crippen LogP contribution in [0.15, 0.2) is 62.2 Å². The molecule has 0 spiro atoms. The van der Waals surface area contributed by atoms with Crippen molar-refractivity contribution in [3.05, 3.63) is 69.1 Å². The van der Waals surface area contributed by atoms with Crippen molar-refractivity contribution in [3.8, 4) is 0 Å². The van der Waals surface area contributed by atoms with E-state index in [0.29, 0.717) is 16.7 Å². The molecular formula is C16H12BrN3O4. The Morgan fingerprint density at radius 1 is 1.04 bits per heavy atom. The second kappa shape index (κ2) is 6.71. The Bertz CT molecular complexity index is 959. The molecule has 3 rings (SSSR count). The number of hydrazine groups is 1. The average Bonchev–Trinajstić information content (AvgIpc) is 2.89. The van der Waals surface area contributed by atoms with Crippen molar-refractivity contribution >= 4 is 38.8 Å². The van der Waals surface area contributed by atoms with Crippen LogP contribution in [-0.4, -0.2) is 16.4 Å². The van der Waals surface area contributed by atoms with E-state index in [2.05, 4.69) is 26.8 Å². The van der Waals surface area contributed by atoms with Gasteiger partial charge in [0.05, 0.1) is 5.52 Å². The fourth-order valence-electron chi connectivity index (χ4n) is 2.15. The SMILES string of the molecule is O=C(Cn1c(=O)oc2ccccc21)NNC(=O)c1ccc(Br)cc1. The molecule has 0 saturated carbocycles. The fourth-order valence-corrected chi connectivity index (χ4v) is 2.41. The maximum Gasteiger partial charge on any atom is 0.420 e. The van der Waals surface area contributed by atoms with Gasteiger partial charge < -0.3 is 4.42 Å². The third kappa shape index (κ3) is 3.38. The molecule has 0 aliphatic rings. The molecule has 0 unspecified atom stereocenters. The van der Waals surface area contributed by atoms with Crippen molar-refractivity contribution in [1.29, 1.82) is 0 Å². The van der Waals surface area contributed by atoms with Gasteiger partial charge >= 0.3 is 5.76 Å². The minimum Gasteiger partial charge on any atom is -0.408 e. The van der Waals surface area contributed by atoms with Gasteiger partial charge in [-0.2, -0.15) is 0 Å². The quantitative estimate of drug-likeness (QED) is 0.668. The van der Waals surface area contributed by atoms with Gasteiger partial charge in [-0.25, -0.2) is 4.79 Å². The number of oxazole rings is 1. The van der Waals surface area contributed by atoms with Gasteiger partial charge in [-0.3, -0.25) is 25.0 Å². The molecule has 2 aromatic carbocycles. The van der Waals surface area contributed by atoms with E-state index in [4.69, 9.17) is 4.42 Å². The fraction of sp³-hybridized carbons (Fsp3) is 0.0625. The number of nitrogens with one attached hydrogen (secondary N) is 2. The van der Waals surface area contributed by atoms with Gasteiger partial charge in [-0.15, -0.1) is 0 Å². The largest absolute Gasteiger partial charge is 0.420 e. The van der Waals surface area contributed by atoms with Crippen molar-refractivity contribution in [2.75, 3.05) is 0 Å². The number of carbonyl (C=O) groups is 2. The topological polar surface area (TPSA) is 93.3 Å². The molecule has 0 aliphatic carbocycles. The summed E-state index contributed by atoms with van der Waals surface area (Å²) in [4.78, 5) is 35.7. The van der Waals surface area contributed by atoms with Crippen LogP contribution in [0.2, 0.25) is 0 Å². The number of nitrogens with zero attached hydrogens (tertiary/aromatic N) is 1. The molecule has 122 valence electrons. The number of halogens is 1. The Kier molecular flexibility index (Phi) is 4.48. The highest BCUT2D eigenvalue weighted by Crippen LogP contribution is 2.11. The molecule has 24 heavy (non-hydrogen) atoms. The predicted molar refractivity (Wildman–Crippen MR) is 90.2 cm³/mol. The standard InChI is InChI=1S/C16H12BrN3O4/c17-11-7-5-10(6-8-11)15(22)19-18-14(21)9-20-12-3-1-2-4-13(12)24-16(20)23/h1-8H,9H2,(H,18,21)(H,19,22). The van der Waals surface area contributed by atoms with Crippen molar-refractivity contribution in [2.45, 2.75) is 6.54 Å².